The molecule has 1 rings (SSSR count). The van der Waals surface area contributed by atoms with Crippen molar-refractivity contribution in [1.29, 1.82) is 0 Å². The third kappa shape index (κ3) is 2.44. The first-order chi connectivity index (χ1) is 5.95. The van der Waals surface area contributed by atoms with Gasteiger partial charge in [-0.1, -0.05) is 49.3 Å². The van der Waals surface area contributed by atoms with Gasteiger partial charge in [-0.05, 0) is 34.8 Å². The highest BCUT2D eigenvalue weighted by Gasteiger charge is 2.16. The molecule has 0 nitrogen and oxygen atoms in total. The second kappa shape index (κ2) is 3.67. The summed E-state index contributed by atoms with van der Waals surface area (Å²) in [5.41, 5.74) is 2.52. The molecule has 1 radical (unpaired) electrons. The quantitative estimate of drug-likeness (QED) is 0.691. The highest BCUT2D eigenvalue weighted by molar-refractivity contribution is 9.10. The molecule has 13 heavy (non-hydrogen) atoms. The van der Waals surface area contributed by atoms with Crippen molar-refractivity contribution in [3.63, 3.8) is 0 Å². The molecule has 0 aliphatic heterocycles. The van der Waals surface area contributed by atoms with Gasteiger partial charge in [0.25, 0.3) is 0 Å². The van der Waals surface area contributed by atoms with Gasteiger partial charge >= 0.3 is 0 Å². The monoisotopic (exact) mass is 237 g/mol. The fraction of sp³-hybridized carbons (Fsp3) is 0.333. The Labute approximate surface area is 88.8 Å². The summed E-state index contributed by atoms with van der Waals surface area (Å²) in [4.78, 5) is 0. The molecule has 0 spiro atoms. The summed E-state index contributed by atoms with van der Waals surface area (Å²) in [5, 5.41) is 0. The van der Waals surface area contributed by atoms with Crippen molar-refractivity contribution in [2.45, 2.75) is 26.2 Å². The fourth-order valence-corrected chi connectivity index (χ4v) is 1.68. The molecule has 0 fully saturated rings. The van der Waals surface area contributed by atoms with Crippen molar-refractivity contribution in [2.75, 3.05) is 0 Å². The lowest BCUT2D eigenvalue weighted by molar-refractivity contribution is 0.587. The molecule has 0 bridgehead atoms. The summed E-state index contributed by atoms with van der Waals surface area (Å²) in [6.45, 7) is 10.3. The lowest BCUT2D eigenvalue weighted by atomic mass is 9.84. The Morgan fingerprint density at radius 3 is 2.38 bits per heavy atom. The number of halogens is 1. The zero-order valence-electron chi connectivity index (χ0n) is 8.32. The van der Waals surface area contributed by atoms with Crippen molar-refractivity contribution < 1.29 is 0 Å². The van der Waals surface area contributed by atoms with E-state index in [1.54, 1.807) is 0 Å². The first kappa shape index (κ1) is 10.5. The molecule has 0 heterocycles. The molecular weight excluding hydrogens is 224 g/mol. The van der Waals surface area contributed by atoms with Crippen molar-refractivity contribution in [3.8, 4) is 0 Å². The van der Waals surface area contributed by atoms with E-state index in [4.69, 9.17) is 0 Å². The number of benzene rings is 1. The van der Waals surface area contributed by atoms with Crippen LogP contribution < -0.4 is 0 Å². The molecule has 0 aromatic heterocycles. The van der Waals surface area contributed by atoms with Crippen molar-refractivity contribution in [2.24, 2.45) is 0 Å². The van der Waals surface area contributed by atoms with Gasteiger partial charge in [-0.25, -0.2) is 0 Å². The predicted molar refractivity (Wildman–Crippen MR) is 60.8 cm³/mol. The van der Waals surface area contributed by atoms with Gasteiger partial charge in [0.2, 0.25) is 0 Å². The lowest BCUT2D eigenvalue weighted by Crippen LogP contribution is -2.12. The summed E-state index contributed by atoms with van der Waals surface area (Å²) in [7, 11) is 0. The fourth-order valence-electron chi connectivity index (χ4n) is 1.32. The van der Waals surface area contributed by atoms with Gasteiger partial charge in [0, 0.05) is 4.47 Å². The average Bonchev–Trinajstić information content (AvgIpc) is 2.01. The first-order valence-corrected chi connectivity index (χ1v) is 5.07. The minimum atomic E-state index is 0.153. The van der Waals surface area contributed by atoms with E-state index >= 15 is 0 Å². The Morgan fingerprint density at radius 1 is 1.31 bits per heavy atom. The van der Waals surface area contributed by atoms with Gasteiger partial charge in [0.1, 0.15) is 0 Å². The molecule has 0 unspecified atom stereocenters. The van der Waals surface area contributed by atoms with Crippen LogP contribution in [0.5, 0.6) is 0 Å². The molecule has 1 heteroatoms. The van der Waals surface area contributed by atoms with E-state index in [9.17, 15) is 0 Å². The zero-order chi connectivity index (χ0) is 10.1. The number of hydrogen-bond donors (Lipinski definition) is 0. The number of hydrogen-bond acceptors (Lipinski definition) is 0. The van der Waals surface area contributed by atoms with Crippen LogP contribution >= 0.6 is 15.9 Å². The molecule has 0 amide bonds. The van der Waals surface area contributed by atoms with Crippen LogP contribution in [0, 0.1) is 6.08 Å². The standard InChI is InChI=1S/C12H14Br/c1-5-9-8-10(13)6-7-11(9)12(2,3)4/h6-8H,1H2,2-4H3. The average molecular weight is 238 g/mol. The second-order valence-electron chi connectivity index (χ2n) is 4.12. The summed E-state index contributed by atoms with van der Waals surface area (Å²) in [5.74, 6) is 0. The SMILES string of the molecule is C=[C]c1cc(Br)ccc1C(C)(C)C. The predicted octanol–water partition coefficient (Wildman–Crippen LogP) is 4.08. The summed E-state index contributed by atoms with van der Waals surface area (Å²) in [6.07, 6.45) is 2.96. The van der Waals surface area contributed by atoms with E-state index < -0.39 is 0 Å². The third-order valence-electron chi connectivity index (χ3n) is 1.98. The van der Waals surface area contributed by atoms with E-state index in [1.807, 2.05) is 6.07 Å². The van der Waals surface area contributed by atoms with Gasteiger partial charge in [0.15, 0.2) is 0 Å². The second-order valence-corrected chi connectivity index (χ2v) is 5.03. The Balaban J connectivity index is 3.29. The van der Waals surface area contributed by atoms with Crippen LogP contribution in [0.25, 0.3) is 0 Å². The Morgan fingerprint density at radius 2 is 1.92 bits per heavy atom. The Hall–Kier alpha value is -0.560. The van der Waals surface area contributed by atoms with Crippen LogP contribution in [0.1, 0.15) is 31.9 Å². The molecule has 0 saturated carbocycles. The van der Waals surface area contributed by atoms with Crippen LogP contribution in [0.15, 0.2) is 29.3 Å². The minimum absolute atomic E-state index is 0.153. The minimum Gasteiger partial charge on any atom is -0.0905 e. The molecule has 1 aromatic rings. The lowest BCUT2D eigenvalue weighted by Gasteiger charge is -2.21. The van der Waals surface area contributed by atoms with Crippen LogP contribution in [-0.2, 0) is 5.41 Å². The van der Waals surface area contributed by atoms with Crippen LogP contribution in [-0.4, -0.2) is 0 Å². The molecule has 1 aromatic carbocycles. The van der Waals surface area contributed by atoms with Gasteiger partial charge < -0.3 is 0 Å². The molecular formula is C12H14Br. The zero-order valence-corrected chi connectivity index (χ0v) is 9.90. The van der Waals surface area contributed by atoms with Crippen LogP contribution in [0.2, 0.25) is 0 Å². The van der Waals surface area contributed by atoms with Crippen LogP contribution in [0.3, 0.4) is 0 Å². The summed E-state index contributed by atoms with van der Waals surface area (Å²) in [6, 6.07) is 6.23. The summed E-state index contributed by atoms with van der Waals surface area (Å²) < 4.78 is 1.08. The van der Waals surface area contributed by atoms with E-state index in [0.717, 1.165) is 10.0 Å². The van der Waals surface area contributed by atoms with Crippen molar-refractivity contribution in [3.05, 3.63) is 46.5 Å². The first-order valence-electron chi connectivity index (χ1n) is 4.28. The van der Waals surface area contributed by atoms with E-state index in [-0.39, 0.29) is 5.41 Å². The normalized spacial score (nSPS) is 11.4. The highest BCUT2D eigenvalue weighted by Crippen LogP contribution is 2.27. The highest BCUT2D eigenvalue weighted by atomic mass is 79.9. The van der Waals surface area contributed by atoms with E-state index in [0.29, 0.717) is 0 Å². The Bertz CT molecular complexity index is 318. The molecule has 0 atom stereocenters. The maximum atomic E-state index is 3.70. The van der Waals surface area contributed by atoms with E-state index in [1.165, 1.54) is 5.56 Å². The molecule has 0 aliphatic rings. The topological polar surface area (TPSA) is 0 Å². The summed E-state index contributed by atoms with van der Waals surface area (Å²) >= 11 is 3.44. The van der Waals surface area contributed by atoms with Crippen molar-refractivity contribution in [1.82, 2.24) is 0 Å². The molecule has 0 saturated heterocycles. The smallest absolute Gasteiger partial charge is 0.0181 e. The maximum Gasteiger partial charge on any atom is 0.0181 e. The van der Waals surface area contributed by atoms with Gasteiger partial charge in [0.05, 0.1) is 0 Å². The van der Waals surface area contributed by atoms with Gasteiger partial charge in [-0.15, -0.1) is 0 Å². The number of rotatable bonds is 1. The van der Waals surface area contributed by atoms with E-state index in [2.05, 4.69) is 61.5 Å². The molecule has 0 aliphatic carbocycles. The van der Waals surface area contributed by atoms with Crippen molar-refractivity contribution >= 4 is 15.9 Å². The molecule has 0 N–H and O–H groups in total. The van der Waals surface area contributed by atoms with Crippen LogP contribution in [0.4, 0.5) is 0 Å². The van der Waals surface area contributed by atoms with Gasteiger partial charge in [-0.2, -0.15) is 0 Å². The molecule has 69 valence electrons. The Kier molecular flexibility index (Phi) is 2.97. The maximum absolute atomic E-state index is 3.70. The third-order valence-corrected chi connectivity index (χ3v) is 2.47. The van der Waals surface area contributed by atoms with Gasteiger partial charge in [-0.3, -0.25) is 0 Å². The largest absolute Gasteiger partial charge is 0.0905 e.